The highest BCUT2D eigenvalue weighted by molar-refractivity contribution is 5.90. The van der Waals surface area contributed by atoms with E-state index in [1.54, 1.807) is 19.2 Å². The summed E-state index contributed by atoms with van der Waals surface area (Å²) in [6, 6.07) is 13.7. The van der Waals surface area contributed by atoms with E-state index in [4.69, 9.17) is 4.74 Å². The predicted octanol–water partition coefficient (Wildman–Crippen LogP) is 2.78. The number of amides is 2. The number of carbonyl (C=O) groups is 1. The molecule has 0 bridgehead atoms. The van der Waals surface area contributed by atoms with Gasteiger partial charge in [0.2, 0.25) is 0 Å². The van der Waals surface area contributed by atoms with Gasteiger partial charge in [0.25, 0.3) is 0 Å². The topological polar surface area (TPSA) is 56.8 Å². The molecule has 144 valence electrons. The van der Waals surface area contributed by atoms with E-state index in [0.717, 1.165) is 38.4 Å². The minimum absolute atomic E-state index is 0.213. The summed E-state index contributed by atoms with van der Waals surface area (Å²) in [6.07, 6.45) is 0. The number of ether oxygens (including phenoxy) is 1. The number of anilines is 2. The van der Waals surface area contributed by atoms with Crippen molar-refractivity contribution in [3.63, 3.8) is 0 Å². The molecule has 1 aliphatic rings. The molecule has 1 fully saturated rings. The lowest BCUT2D eigenvalue weighted by Gasteiger charge is -2.36. The summed E-state index contributed by atoms with van der Waals surface area (Å²) in [5.41, 5.74) is 1.69. The summed E-state index contributed by atoms with van der Waals surface area (Å²) in [5.74, 6) is 0.416. The summed E-state index contributed by atoms with van der Waals surface area (Å²) in [4.78, 5) is 16.6. The van der Waals surface area contributed by atoms with Gasteiger partial charge in [0.05, 0.1) is 12.8 Å². The largest absolute Gasteiger partial charge is 0.495 e. The van der Waals surface area contributed by atoms with E-state index in [1.807, 2.05) is 24.3 Å². The number of methoxy groups -OCH3 is 1. The molecule has 6 nitrogen and oxygen atoms in total. The molecule has 3 rings (SSSR count). The number of rotatable bonds is 6. The molecule has 0 saturated carbocycles. The molecule has 1 heterocycles. The first-order chi connectivity index (χ1) is 13.2. The molecule has 0 spiro atoms. The van der Waals surface area contributed by atoms with Gasteiger partial charge in [-0.05, 0) is 36.4 Å². The molecule has 1 aliphatic heterocycles. The van der Waals surface area contributed by atoms with Crippen molar-refractivity contribution in [3.8, 4) is 5.75 Å². The van der Waals surface area contributed by atoms with Crippen molar-refractivity contribution >= 4 is 17.4 Å². The van der Waals surface area contributed by atoms with Gasteiger partial charge in [-0.15, -0.1) is 0 Å². The number of nitrogens with one attached hydrogen (secondary N) is 2. The molecule has 0 aromatic heterocycles. The Bertz CT molecular complexity index is 746. The average Bonchev–Trinajstić information content (AvgIpc) is 2.69. The lowest BCUT2D eigenvalue weighted by molar-refractivity contribution is 0.240. The highest BCUT2D eigenvalue weighted by Gasteiger charge is 2.17. The van der Waals surface area contributed by atoms with Gasteiger partial charge in [-0.25, -0.2) is 9.18 Å². The molecular formula is C20H25FN4O2. The van der Waals surface area contributed by atoms with Gasteiger partial charge < -0.3 is 20.3 Å². The van der Waals surface area contributed by atoms with Crippen molar-refractivity contribution in [3.05, 3.63) is 54.3 Å². The van der Waals surface area contributed by atoms with Crippen LogP contribution in [0.5, 0.6) is 5.75 Å². The van der Waals surface area contributed by atoms with Gasteiger partial charge in [-0.1, -0.05) is 12.1 Å². The standard InChI is InChI=1S/C20H25FN4O2/c1-27-19-5-3-2-4-18(19)23-20(26)22-10-11-24-12-14-25(15-13-24)17-8-6-16(21)7-9-17/h2-9H,10-15H2,1H3,(H2,22,23,26). The van der Waals surface area contributed by atoms with Crippen LogP contribution in [-0.2, 0) is 0 Å². The van der Waals surface area contributed by atoms with E-state index in [-0.39, 0.29) is 11.8 Å². The molecule has 0 unspecified atom stereocenters. The van der Waals surface area contributed by atoms with Crippen LogP contribution in [0, 0.1) is 5.82 Å². The number of para-hydroxylation sites is 2. The summed E-state index contributed by atoms with van der Waals surface area (Å²) in [5, 5.41) is 5.68. The van der Waals surface area contributed by atoms with Crippen LogP contribution in [0.1, 0.15) is 0 Å². The molecule has 27 heavy (non-hydrogen) atoms. The van der Waals surface area contributed by atoms with Gasteiger partial charge in [0, 0.05) is 45.0 Å². The minimum Gasteiger partial charge on any atom is -0.495 e. The van der Waals surface area contributed by atoms with Crippen LogP contribution in [-0.4, -0.2) is 57.3 Å². The smallest absolute Gasteiger partial charge is 0.319 e. The highest BCUT2D eigenvalue weighted by Crippen LogP contribution is 2.22. The number of nitrogens with zero attached hydrogens (tertiary/aromatic N) is 2. The minimum atomic E-state index is -0.246. The molecule has 2 N–H and O–H groups in total. The Balaban J connectivity index is 1.37. The van der Waals surface area contributed by atoms with E-state index in [9.17, 15) is 9.18 Å². The number of urea groups is 1. The van der Waals surface area contributed by atoms with Crippen LogP contribution >= 0.6 is 0 Å². The zero-order chi connectivity index (χ0) is 19.1. The average molecular weight is 372 g/mol. The van der Waals surface area contributed by atoms with Gasteiger partial charge in [-0.2, -0.15) is 0 Å². The summed E-state index contributed by atoms with van der Waals surface area (Å²) in [6.45, 7) is 4.95. The number of hydrogen-bond donors (Lipinski definition) is 2. The molecule has 7 heteroatoms. The van der Waals surface area contributed by atoms with Crippen molar-refractivity contribution in [2.45, 2.75) is 0 Å². The summed E-state index contributed by atoms with van der Waals surface area (Å²) >= 11 is 0. The second kappa shape index (κ2) is 9.23. The van der Waals surface area contributed by atoms with Crippen LogP contribution < -0.4 is 20.3 Å². The Morgan fingerprint density at radius 3 is 2.48 bits per heavy atom. The fourth-order valence-electron chi connectivity index (χ4n) is 3.12. The summed E-state index contributed by atoms with van der Waals surface area (Å²) < 4.78 is 18.2. The maximum absolute atomic E-state index is 13.0. The van der Waals surface area contributed by atoms with Crippen molar-refractivity contribution < 1.29 is 13.9 Å². The van der Waals surface area contributed by atoms with Gasteiger partial charge in [0.15, 0.2) is 0 Å². The number of carbonyl (C=O) groups excluding carboxylic acids is 1. The SMILES string of the molecule is COc1ccccc1NC(=O)NCCN1CCN(c2ccc(F)cc2)CC1. The predicted molar refractivity (Wildman–Crippen MR) is 105 cm³/mol. The quantitative estimate of drug-likeness (QED) is 0.819. The molecule has 2 aromatic rings. The van der Waals surface area contributed by atoms with Crippen LogP contribution in [0.4, 0.5) is 20.6 Å². The highest BCUT2D eigenvalue weighted by atomic mass is 19.1. The number of halogens is 1. The molecule has 1 saturated heterocycles. The number of piperazine rings is 1. The van der Waals surface area contributed by atoms with Crippen molar-refractivity contribution in [1.82, 2.24) is 10.2 Å². The van der Waals surface area contributed by atoms with E-state index >= 15 is 0 Å². The maximum Gasteiger partial charge on any atom is 0.319 e. The normalized spacial score (nSPS) is 14.7. The molecule has 0 radical (unpaired) electrons. The zero-order valence-corrected chi connectivity index (χ0v) is 15.5. The number of hydrogen-bond acceptors (Lipinski definition) is 4. The van der Waals surface area contributed by atoms with Crippen LogP contribution in [0.2, 0.25) is 0 Å². The molecule has 0 atom stereocenters. The first-order valence-electron chi connectivity index (χ1n) is 9.06. The van der Waals surface area contributed by atoms with Crippen molar-refractivity contribution in [2.75, 3.05) is 56.6 Å². The second-order valence-electron chi connectivity index (χ2n) is 6.39. The van der Waals surface area contributed by atoms with Gasteiger partial charge in [0.1, 0.15) is 11.6 Å². The zero-order valence-electron chi connectivity index (χ0n) is 15.5. The first kappa shape index (κ1) is 19.0. The van der Waals surface area contributed by atoms with E-state index in [1.165, 1.54) is 12.1 Å². The van der Waals surface area contributed by atoms with E-state index < -0.39 is 0 Å². The second-order valence-corrected chi connectivity index (χ2v) is 6.39. The van der Waals surface area contributed by atoms with Gasteiger partial charge in [-0.3, -0.25) is 4.90 Å². The molecule has 0 aliphatic carbocycles. The third kappa shape index (κ3) is 5.34. The van der Waals surface area contributed by atoms with E-state index in [0.29, 0.717) is 18.0 Å². The maximum atomic E-state index is 13.0. The molecular weight excluding hydrogens is 347 g/mol. The third-order valence-corrected chi connectivity index (χ3v) is 4.63. The van der Waals surface area contributed by atoms with Crippen LogP contribution in [0.25, 0.3) is 0 Å². The number of benzene rings is 2. The lowest BCUT2D eigenvalue weighted by atomic mass is 10.2. The monoisotopic (exact) mass is 372 g/mol. The van der Waals surface area contributed by atoms with Crippen molar-refractivity contribution in [1.29, 1.82) is 0 Å². The summed E-state index contributed by atoms with van der Waals surface area (Å²) in [7, 11) is 1.57. The van der Waals surface area contributed by atoms with Crippen molar-refractivity contribution in [2.24, 2.45) is 0 Å². The fourth-order valence-corrected chi connectivity index (χ4v) is 3.12. The Kier molecular flexibility index (Phi) is 6.49. The Labute approximate surface area is 158 Å². The van der Waals surface area contributed by atoms with E-state index in [2.05, 4.69) is 20.4 Å². The first-order valence-corrected chi connectivity index (χ1v) is 9.06. The van der Waals surface area contributed by atoms with Crippen LogP contribution in [0.15, 0.2) is 48.5 Å². The Morgan fingerprint density at radius 2 is 1.78 bits per heavy atom. The van der Waals surface area contributed by atoms with Gasteiger partial charge >= 0.3 is 6.03 Å². The third-order valence-electron chi connectivity index (χ3n) is 4.63. The Hall–Kier alpha value is -2.80. The fraction of sp³-hybridized carbons (Fsp3) is 0.350. The molecule has 2 aromatic carbocycles. The Morgan fingerprint density at radius 1 is 1.07 bits per heavy atom. The lowest BCUT2D eigenvalue weighted by Crippen LogP contribution is -2.48. The molecule has 2 amide bonds. The van der Waals surface area contributed by atoms with Crippen LogP contribution in [0.3, 0.4) is 0 Å².